The number of unbranched alkanes of at least 4 members (excludes halogenated alkanes) is 9. The minimum absolute atomic E-state index is 1.09. The lowest BCUT2D eigenvalue weighted by molar-refractivity contribution is 0.611. The van der Waals surface area contributed by atoms with E-state index in [0.717, 1.165) is 6.42 Å². The molecule has 90 valence electrons. The molecule has 0 aliphatic rings. The van der Waals surface area contributed by atoms with Crippen LogP contribution >= 0.6 is 0 Å². The molecule has 0 aromatic rings. The Hall–Kier alpha value is -0.260. The first-order valence-electron chi connectivity index (χ1n) is 6.86. The van der Waals surface area contributed by atoms with Gasteiger partial charge in [-0.15, -0.1) is 0 Å². The highest BCUT2D eigenvalue weighted by Gasteiger charge is 1.87. The van der Waals surface area contributed by atoms with Crippen LogP contribution in [0.5, 0.6) is 0 Å². The molecule has 0 heteroatoms. The molecule has 0 amide bonds. The SMILES string of the molecule is [CH2-]CCCC/C=C\CCCCCCCC. The van der Waals surface area contributed by atoms with Gasteiger partial charge in [0.15, 0.2) is 0 Å². The van der Waals surface area contributed by atoms with Gasteiger partial charge in [0.2, 0.25) is 0 Å². The van der Waals surface area contributed by atoms with Crippen LogP contribution in [0, 0.1) is 6.92 Å². The van der Waals surface area contributed by atoms with Crippen LogP contribution in [0.1, 0.15) is 77.6 Å². The first-order chi connectivity index (χ1) is 7.41. The van der Waals surface area contributed by atoms with Gasteiger partial charge in [-0.25, -0.2) is 0 Å². The van der Waals surface area contributed by atoms with Gasteiger partial charge in [0, 0.05) is 0 Å². The highest BCUT2D eigenvalue weighted by atomic mass is 13.9. The van der Waals surface area contributed by atoms with Gasteiger partial charge in [-0.2, -0.15) is 6.42 Å². The molecule has 0 saturated carbocycles. The third kappa shape index (κ3) is 13.7. The second-order valence-electron chi connectivity index (χ2n) is 4.38. The van der Waals surface area contributed by atoms with Crippen molar-refractivity contribution in [2.75, 3.05) is 0 Å². The van der Waals surface area contributed by atoms with E-state index in [2.05, 4.69) is 26.0 Å². The van der Waals surface area contributed by atoms with Gasteiger partial charge in [-0.05, 0) is 19.3 Å². The lowest BCUT2D eigenvalue weighted by atomic mass is 10.1. The molecule has 0 radical (unpaired) electrons. The van der Waals surface area contributed by atoms with Gasteiger partial charge in [-0.1, -0.05) is 64.0 Å². The van der Waals surface area contributed by atoms with Crippen molar-refractivity contribution in [1.82, 2.24) is 0 Å². The molecule has 0 bridgehead atoms. The first kappa shape index (κ1) is 14.7. The predicted octanol–water partition coefficient (Wildman–Crippen LogP) is 5.69. The summed E-state index contributed by atoms with van der Waals surface area (Å²) in [5, 5.41) is 0. The number of allylic oxidation sites excluding steroid dienone is 2. The highest BCUT2D eigenvalue weighted by molar-refractivity contribution is 4.81. The monoisotopic (exact) mass is 209 g/mol. The van der Waals surface area contributed by atoms with Gasteiger partial charge in [0.05, 0.1) is 0 Å². The van der Waals surface area contributed by atoms with Crippen molar-refractivity contribution < 1.29 is 0 Å². The maximum atomic E-state index is 3.84. The zero-order chi connectivity index (χ0) is 11.2. The molecule has 0 unspecified atom stereocenters. The fourth-order valence-corrected chi connectivity index (χ4v) is 1.72. The Morgan fingerprint density at radius 3 is 1.87 bits per heavy atom. The van der Waals surface area contributed by atoms with Crippen molar-refractivity contribution in [3.05, 3.63) is 19.1 Å². The topological polar surface area (TPSA) is 0 Å². The van der Waals surface area contributed by atoms with Gasteiger partial charge >= 0.3 is 0 Å². The van der Waals surface area contributed by atoms with E-state index in [1.165, 1.54) is 64.2 Å². The molecule has 0 aliphatic carbocycles. The van der Waals surface area contributed by atoms with Crippen LogP contribution in [0.2, 0.25) is 0 Å². The molecule has 0 fully saturated rings. The number of hydrogen-bond acceptors (Lipinski definition) is 0. The molecule has 0 rings (SSSR count). The van der Waals surface area contributed by atoms with E-state index in [4.69, 9.17) is 0 Å². The van der Waals surface area contributed by atoms with Gasteiger partial charge in [0.25, 0.3) is 0 Å². The van der Waals surface area contributed by atoms with Gasteiger partial charge in [0.1, 0.15) is 0 Å². The van der Waals surface area contributed by atoms with Crippen molar-refractivity contribution in [3.63, 3.8) is 0 Å². The quantitative estimate of drug-likeness (QED) is 0.233. The molecule has 0 atom stereocenters. The number of rotatable bonds is 11. The summed E-state index contributed by atoms with van der Waals surface area (Å²) in [7, 11) is 0. The van der Waals surface area contributed by atoms with Crippen LogP contribution in [0.25, 0.3) is 0 Å². The Labute approximate surface area is 97.2 Å². The van der Waals surface area contributed by atoms with Gasteiger partial charge in [-0.3, -0.25) is 0 Å². The van der Waals surface area contributed by atoms with E-state index in [1.54, 1.807) is 0 Å². The summed E-state index contributed by atoms with van der Waals surface area (Å²) in [6, 6.07) is 0. The highest BCUT2D eigenvalue weighted by Crippen LogP contribution is 2.07. The molecule has 0 aliphatic heterocycles. The maximum Gasteiger partial charge on any atom is -0.0351 e. The standard InChI is InChI=1S/C15H29/c1-3-5-7-9-11-13-15-14-12-10-8-6-4-2/h11,13H,1,3-10,12,14-15H2,2H3/q-1/b13-11-. The summed E-state index contributed by atoms with van der Waals surface area (Å²) >= 11 is 0. The maximum absolute atomic E-state index is 3.84. The fraction of sp³-hybridized carbons (Fsp3) is 0.800. The lowest BCUT2D eigenvalue weighted by Gasteiger charge is -1.98. The summed E-state index contributed by atoms with van der Waals surface area (Å²) in [4.78, 5) is 0. The van der Waals surface area contributed by atoms with Crippen LogP contribution in [-0.4, -0.2) is 0 Å². The molecule has 0 aromatic carbocycles. The Morgan fingerprint density at radius 2 is 1.27 bits per heavy atom. The van der Waals surface area contributed by atoms with Crippen molar-refractivity contribution >= 4 is 0 Å². The molecule has 0 heterocycles. The van der Waals surface area contributed by atoms with Crippen LogP contribution in [0.15, 0.2) is 12.2 Å². The molecule has 0 aromatic heterocycles. The normalized spacial score (nSPS) is 11.3. The van der Waals surface area contributed by atoms with Crippen molar-refractivity contribution in [2.45, 2.75) is 77.6 Å². The lowest BCUT2D eigenvalue weighted by Crippen LogP contribution is -1.77. The smallest absolute Gasteiger partial charge is 0.0351 e. The van der Waals surface area contributed by atoms with E-state index in [0.29, 0.717) is 0 Å². The van der Waals surface area contributed by atoms with E-state index in [9.17, 15) is 0 Å². The minimum atomic E-state index is 1.09. The Bertz CT molecular complexity index is 124. The van der Waals surface area contributed by atoms with Crippen molar-refractivity contribution in [3.8, 4) is 0 Å². The second-order valence-corrected chi connectivity index (χ2v) is 4.38. The molecule has 0 saturated heterocycles. The molecule has 0 spiro atoms. The van der Waals surface area contributed by atoms with Crippen LogP contribution < -0.4 is 0 Å². The average molecular weight is 209 g/mol. The Kier molecular flexibility index (Phi) is 13.5. The zero-order valence-electron chi connectivity index (χ0n) is 10.6. The summed E-state index contributed by atoms with van der Waals surface area (Å²) in [5.41, 5.74) is 0. The van der Waals surface area contributed by atoms with E-state index in [-0.39, 0.29) is 0 Å². The molecule has 0 N–H and O–H groups in total. The van der Waals surface area contributed by atoms with E-state index >= 15 is 0 Å². The van der Waals surface area contributed by atoms with E-state index in [1.807, 2.05) is 0 Å². The molecule has 0 nitrogen and oxygen atoms in total. The first-order valence-corrected chi connectivity index (χ1v) is 6.86. The third-order valence-corrected chi connectivity index (χ3v) is 2.76. The third-order valence-electron chi connectivity index (χ3n) is 2.76. The summed E-state index contributed by atoms with van der Waals surface area (Å²) < 4.78 is 0. The van der Waals surface area contributed by atoms with Gasteiger partial charge < -0.3 is 6.92 Å². The number of hydrogen-bond donors (Lipinski definition) is 0. The van der Waals surface area contributed by atoms with Crippen LogP contribution in [0.4, 0.5) is 0 Å². The largest absolute Gasteiger partial charge is 0.343 e. The van der Waals surface area contributed by atoms with Crippen LogP contribution in [-0.2, 0) is 0 Å². The fourth-order valence-electron chi connectivity index (χ4n) is 1.72. The van der Waals surface area contributed by atoms with Crippen molar-refractivity contribution in [2.24, 2.45) is 0 Å². The minimum Gasteiger partial charge on any atom is -0.343 e. The van der Waals surface area contributed by atoms with Crippen molar-refractivity contribution in [1.29, 1.82) is 0 Å². The Morgan fingerprint density at radius 1 is 0.733 bits per heavy atom. The summed E-state index contributed by atoms with van der Waals surface area (Å²) in [6.07, 6.45) is 19.4. The average Bonchev–Trinajstić information content (AvgIpc) is 2.26. The van der Waals surface area contributed by atoms with E-state index < -0.39 is 0 Å². The summed E-state index contributed by atoms with van der Waals surface area (Å²) in [5.74, 6) is 0. The second kappa shape index (κ2) is 13.7. The van der Waals surface area contributed by atoms with Crippen LogP contribution in [0.3, 0.4) is 0 Å². The molecular formula is C15H29-. The predicted molar refractivity (Wildman–Crippen MR) is 71.0 cm³/mol. The molecular weight excluding hydrogens is 180 g/mol. The molecule has 15 heavy (non-hydrogen) atoms. The summed E-state index contributed by atoms with van der Waals surface area (Å²) in [6.45, 7) is 6.12. The Balaban J connectivity index is 2.96. The zero-order valence-corrected chi connectivity index (χ0v) is 10.6.